The molecule has 1 heterocycles. The highest BCUT2D eigenvalue weighted by atomic mass is 32.2. The molecule has 3 rings (SSSR count). The summed E-state index contributed by atoms with van der Waals surface area (Å²) in [6.45, 7) is 4.05. The fraction of sp³-hybridized carbons (Fsp3) is 0.222. The van der Waals surface area contributed by atoms with Crippen molar-refractivity contribution in [1.82, 2.24) is 14.9 Å². The van der Waals surface area contributed by atoms with E-state index in [0.29, 0.717) is 11.8 Å². The Bertz CT molecular complexity index is 933. The Labute approximate surface area is 147 Å². The molecule has 0 aliphatic heterocycles. The third-order valence-corrected chi connectivity index (χ3v) is 5.18. The summed E-state index contributed by atoms with van der Waals surface area (Å²) in [6, 6.07) is 16.1. The first kappa shape index (κ1) is 17.3. The first-order valence-electron chi connectivity index (χ1n) is 7.93. The van der Waals surface area contributed by atoms with E-state index in [1.54, 1.807) is 12.1 Å². The second-order valence-corrected chi connectivity index (χ2v) is 7.68. The van der Waals surface area contributed by atoms with Crippen LogP contribution in [-0.2, 0) is 16.6 Å². The van der Waals surface area contributed by atoms with Crippen LogP contribution in [0.1, 0.15) is 31.2 Å². The SMILES string of the molecule is CC(C)c1ccc(S(=O)(=O)NCc2nnc(-c3ccccc3)o2)cc1. The molecule has 6 nitrogen and oxygen atoms in total. The van der Waals surface area contributed by atoms with E-state index in [0.717, 1.165) is 11.1 Å². The van der Waals surface area contributed by atoms with Crippen LogP contribution in [0.4, 0.5) is 0 Å². The van der Waals surface area contributed by atoms with Crippen molar-refractivity contribution in [2.75, 3.05) is 0 Å². The van der Waals surface area contributed by atoms with Gasteiger partial charge in [0.05, 0.1) is 11.4 Å². The second-order valence-electron chi connectivity index (χ2n) is 5.92. The topological polar surface area (TPSA) is 85.1 Å². The summed E-state index contributed by atoms with van der Waals surface area (Å²) in [5, 5.41) is 7.82. The van der Waals surface area contributed by atoms with Crippen molar-refractivity contribution in [2.45, 2.75) is 31.2 Å². The maximum absolute atomic E-state index is 12.4. The highest BCUT2D eigenvalue weighted by Crippen LogP contribution is 2.19. The Morgan fingerprint density at radius 2 is 1.68 bits per heavy atom. The minimum absolute atomic E-state index is 0.0614. The summed E-state index contributed by atoms with van der Waals surface area (Å²) < 4.78 is 32.7. The van der Waals surface area contributed by atoms with E-state index in [4.69, 9.17) is 4.42 Å². The average molecular weight is 357 g/mol. The van der Waals surface area contributed by atoms with E-state index in [1.165, 1.54) is 0 Å². The highest BCUT2D eigenvalue weighted by Gasteiger charge is 2.16. The minimum Gasteiger partial charge on any atom is -0.419 e. The molecule has 1 aromatic heterocycles. The average Bonchev–Trinajstić information content (AvgIpc) is 3.10. The predicted octanol–water partition coefficient (Wildman–Crippen LogP) is 3.34. The summed E-state index contributed by atoms with van der Waals surface area (Å²) in [6.07, 6.45) is 0. The lowest BCUT2D eigenvalue weighted by Gasteiger charge is -2.08. The molecule has 0 aliphatic rings. The standard InChI is InChI=1S/C18H19N3O3S/c1-13(2)14-8-10-16(11-9-14)25(22,23)19-12-17-20-21-18(24-17)15-6-4-3-5-7-15/h3-11,13,19H,12H2,1-2H3. The van der Waals surface area contributed by atoms with Crippen molar-refractivity contribution in [3.05, 3.63) is 66.1 Å². The zero-order valence-electron chi connectivity index (χ0n) is 14.0. The van der Waals surface area contributed by atoms with Crippen molar-refractivity contribution in [3.63, 3.8) is 0 Å². The molecule has 0 atom stereocenters. The molecule has 0 saturated carbocycles. The van der Waals surface area contributed by atoms with Gasteiger partial charge < -0.3 is 4.42 Å². The van der Waals surface area contributed by atoms with Crippen molar-refractivity contribution in [2.24, 2.45) is 0 Å². The van der Waals surface area contributed by atoms with Gasteiger partial charge in [-0.25, -0.2) is 13.1 Å². The second kappa shape index (κ2) is 7.16. The van der Waals surface area contributed by atoms with Crippen LogP contribution in [0.2, 0.25) is 0 Å². The molecule has 0 spiro atoms. The molecule has 25 heavy (non-hydrogen) atoms. The number of nitrogens with one attached hydrogen (secondary N) is 1. The van der Waals surface area contributed by atoms with Gasteiger partial charge in [-0.3, -0.25) is 0 Å². The van der Waals surface area contributed by atoms with E-state index in [1.807, 2.05) is 42.5 Å². The van der Waals surface area contributed by atoms with Crippen molar-refractivity contribution in [1.29, 1.82) is 0 Å². The zero-order valence-corrected chi connectivity index (χ0v) is 14.8. The molecule has 0 aliphatic carbocycles. The van der Waals surface area contributed by atoms with Crippen LogP contribution in [-0.4, -0.2) is 18.6 Å². The molecule has 2 aromatic carbocycles. The Hall–Kier alpha value is -2.51. The van der Waals surface area contributed by atoms with Gasteiger partial charge in [-0.2, -0.15) is 0 Å². The minimum atomic E-state index is -3.63. The lowest BCUT2D eigenvalue weighted by atomic mass is 10.0. The third-order valence-electron chi connectivity index (χ3n) is 3.76. The Kier molecular flexibility index (Phi) is 4.96. The largest absolute Gasteiger partial charge is 0.419 e. The number of sulfonamides is 1. The summed E-state index contributed by atoms with van der Waals surface area (Å²) in [4.78, 5) is 0.208. The van der Waals surface area contributed by atoms with Gasteiger partial charge in [0.2, 0.25) is 21.8 Å². The van der Waals surface area contributed by atoms with Gasteiger partial charge in [0, 0.05) is 5.56 Å². The van der Waals surface area contributed by atoms with E-state index < -0.39 is 10.0 Å². The quantitative estimate of drug-likeness (QED) is 0.731. The Morgan fingerprint density at radius 3 is 2.32 bits per heavy atom. The van der Waals surface area contributed by atoms with Gasteiger partial charge in [-0.1, -0.05) is 44.2 Å². The van der Waals surface area contributed by atoms with E-state index in [-0.39, 0.29) is 17.3 Å². The van der Waals surface area contributed by atoms with E-state index in [9.17, 15) is 8.42 Å². The number of hydrogen-bond acceptors (Lipinski definition) is 5. The van der Waals surface area contributed by atoms with Gasteiger partial charge in [0.15, 0.2) is 0 Å². The molecular formula is C18H19N3O3S. The van der Waals surface area contributed by atoms with Crippen LogP contribution in [0.5, 0.6) is 0 Å². The van der Waals surface area contributed by atoms with Gasteiger partial charge in [-0.15, -0.1) is 10.2 Å². The normalized spacial score (nSPS) is 11.8. The number of rotatable bonds is 6. The molecule has 0 radical (unpaired) electrons. The molecular weight excluding hydrogens is 338 g/mol. The van der Waals surface area contributed by atoms with Crippen LogP contribution < -0.4 is 4.72 Å². The van der Waals surface area contributed by atoms with Crippen molar-refractivity contribution >= 4 is 10.0 Å². The van der Waals surface area contributed by atoms with Crippen LogP contribution in [0.3, 0.4) is 0 Å². The van der Waals surface area contributed by atoms with Crippen LogP contribution in [0, 0.1) is 0 Å². The smallest absolute Gasteiger partial charge is 0.247 e. The Morgan fingerprint density at radius 1 is 1.00 bits per heavy atom. The summed E-state index contributed by atoms with van der Waals surface area (Å²) in [7, 11) is -3.63. The predicted molar refractivity (Wildman–Crippen MR) is 94.3 cm³/mol. The van der Waals surface area contributed by atoms with Crippen LogP contribution >= 0.6 is 0 Å². The monoisotopic (exact) mass is 357 g/mol. The number of benzene rings is 2. The first-order valence-corrected chi connectivity index (χ1v) is 9.41. The molecule has 0 saturated heterocycles. The molecule has 130 valence electrons. The maximum Gasteiger partial charge on any atom is 0.247 e. The number of hydrogen-bond donors (Lipinski definition) is 1. The third kappa shape index (κ3) is 4.12. The summed E-state index contributed by atoms with van der Waals surface area (Å²) in [5.74, 6) is 0.914. The van der Waals surface area contributed by atoms with E-state index in [2.05, 4.69) is 28.8 Å². The summed E-state index contributed by atoms with van der Waals surface area (Å²) >= 11 is 0. The lowest BCUT2D eigenvalue weighted by molar-refractivity contribution is 0.494. The van der Waals surface area contributed by atoms with E-state index >= 15 is 0 Å². The molecule has 1 N–H and O–H groups in total. The highest BCUT2D eigenvalue weighted by molar-refractivity contribution is 7.89. The maximum atomic E-state index is 12.4. The number of aromatic nitrogens is 2. The molecule has 0 bridgehead atoms. The van der Waals surface area contributed by atoms with Crippen molar-refractivity contribution < 1.29 is 12.8 Å². The molecule has 0 amide bonds. The van der Waals surface area contributed by atoms with Gasteiger partial charge in [0.25, 0.3) is 0 Å². The van der Waals surface area contributed by atoms with Crippen LogP contribution in [0.15, 0.2) is 63.9 Å². The summed E-state index contributed by atoms with van der Waals surface area (Å²) in [5.41, 5.74) is 1.87. The molecule has 3 aromatic rings. The van der Waals surface area contributed by atoms with Gasteiger partial charge in [0.1, 0.15) is 0 Å². The zero-order chi connectivity index (χ0) is 17.9. The van der Waals surface area contributed by atoms with Gasteiger partial charge in [-0.05, 0) is 35.7 Å². The first-order chi connectivity index (χ1) is 12.0. The molecule has 0 fully saturated rings. The fourth-order valence-corrected chi connectivity index (χ4v) is 3.27. The number of nitrogens with zero attached hydrogens (tertiary/aromatic N) is 2. The molecule has 0 unspecified atom stereocenters. The fourth-order valence-electron chi connectivity index (χ4n) is 2.29. The lowest BCUT2D eigenvalue weighted by Crippen LogP contribution is -2.23. The molecule has 7 heteroatoms. The van der Waals surface area contributed by atoms with Gasteiger partial charge >= 0.3 is 0 Å². The van der Waals surface area contributed by atoms with Crippen molar-refractivity contribution in [3.8, 4) is 11.5 Å². The Balaban J connectivity index is 1.69. The van der Waals surface area contributed by atoms with Crippen LogP contribution in [0.25, 0.3) is 11.5 Å².